The van der Waals surface area contributed by atoms with Crippen LogP contribution >= 0.6 is 11.6 Å². The number of ether oxygens (including phenoxy) is 1. The minimum Gasteiger partial charge on any atom is -0.465 e. The van der Waals surface area contributed by atoms with Gasteiger partial charge in [-0.25, -0.2) is 9.78 Å². The number of rotatable bonds is 7. The van der Waals surface area contributed by atoms with E-state index in [4.69, 9.17) is 16.3 Å². The number of aryl methyl sites for hydroxylation is 1. The quantitative estimate of drug-likeness (QED) is 0.460. The van der Waals surface area contributed by atoms with Gasteiger partial charge >= 0.3 is 12.1 Å². The number of alkyl halides is 3. The lowest BCUT2D eigenvalue weighted by molar-refractivity contribution is -0.141. The molecule has 2 aromatic rings. The summed E-state index contributed by atoms with van der Waals surface area (Å²) in [7, 11) is 1.36. The Morgan fingerprint density at radius 3 is 2.54 bits per heavy atom. The average molecular weight is 538 g/mol. The molecule has 1 saturated carbocycles. The lowest BCUT2D eigenvalue weighted by Gasteiger charge is -2.33. The van der Waals surface area contributed by atoms with Crippen molar-refractivity contribution < 1.29 is 27.5 Å². The smallest absolute Gasteiger partial charge is 0.433 e. The van der Waals surface area contributed by atoms with E-state index in [0.29, 0.717) is 54.5 Å². The largest absolute Gasteiger partial charge is 0.465 e. The SMILES string of the molecule is COC(=O)c1ccc(Cl)cc1CC[C@@H]1CCC[C@@H]1NC(=O)C1CCN(c2ccc(C(F)(F)F)nc2)CC1. The number of hydrogen-bond donors (Lipinski definition) is 1. The first-order valence-corrected chi connectivity index (χ1v) is 13.0. The van der Waals surface area contributed by atoms with Crippen LogP contribution in [0.1, 0.15) is 60.1 Å². The number of methoxy groups -OCH3 is 1. The zero-order valence-corrected chi connectivity index (χ0v) is 21.4. The molecule has 1 aromatic heterocycles. The molecule has 1 N–H and O–H groups in total. The minimum absolute atomic E-state index is 0.0418. The van der Waals surface area contributed by atoms with Gasteiger partial charge in [-0.2, -0.15) is 13.2 Å². The summed E-state index contributed by atoms with van der Waals surface area (Å²) in [5.41, 5.74) is 1.09. The first-order chi connectivity index (χ1) is 17.7. The third kappa shape index (κ3) is 6.74. The van der Waals surface area contributed by atoms with Crippen molar-refractivity contribution in [1.82, 2.24) is 10.3 Å². The highest BCUT2D eigenvalue weighted by Crippen LogP contribution is 2.32. The zero-order chi connectivity index (χ0) is 26.6. The number of benzene rings is 1. The fourth-order valence-electron chi connectivity index (χ4n) is 5.43. The second kappa shape index (κ2) is 11.7. The average Bonchev–Trinajstić information content (AvgIpc) is 3.33. The molecule has 1 aliphatic carbocycles. The maximum atomic E-state index is 13.1. The molecule has 0 spiro atoms. The van der Waals surface area contributed by atoms with Gasteiger partial charge in [0.1, 0.15) is 5.69 Å². The summed E-state index contributed by atoms with van der Waals surface area (Å²) in [5.74, 6) is -0.160. The molecule has 2 aliphatic rings. The Kier molecular flexibility index (Phi) is 8.62. The van der Waals surface area contributed by atoms with Crippen molar-refractivity contribution in [3.8, 4) is 0 Å². The predicted molar refractivity (Wildman–Crippen MR) is 135 cm³/mol. The molecular formula is C27H31ClF3N3O3. The van der Waals surface area contributed by atoms with Crippen LogP contribution < -0.4 is 10.2 Å². The number of esters is 1. The molecule has 0 radical (unpaired) electrons. The highest BCUT2D eigenvalue weighted by molar-refractivity contribution is 6.30. The fraction of sp³-hybridized carbons (Fsp3) is 0.519. The van der Waals surface area contributed by atoms with E-state index >= 15 is 0 Å². The molecule has 1 aliphatic heterocycles. The molecule has 1 saturated heterocycles. The van der Waals surface area contributed by atoms with Crippen molar-refractivity contribution >= 4 is 29.2 Å². The van der Waals surface area contributed by atoms with Crippen LogP contribution in [-0.2, 0) is 22.1 Å². The van der Waals surface area contributed by atoms with Crippen molar-refractivity contribution in [2.24, 2.45) is 11.8 Å². The number of amides is 1. The van der Waals surface area contributed by atoms with Gasteiger partial charge in [0.05, 0.1) is 24.6 Å². The van der Waals surface area contributed by atoms with Crippen LogP contribution in [-0.4, -0.2) is 43.1 Å². The third-order valence-electron chi connectivity index (χ3n) is 7.51. The van der Waals surface area contributed by atoms with Crippen LogP contribution in [0.5, 0.6) is 0 Å². The van der Waals surface area contributed by atoms with Gasteiger partial charge in [-0.15, -0.1) is 0 Å². The summed E-state index contributed by atoms with van der Waals surface area (Å²) >= 11 is 6.16. The van der Waals surface area contributed by atoms with E-state index in [1.807, 2.05) is 4.90 Å². The Hall–Kier alpha value is -2.81. The van der Waals surface area contributed by atoms with Gasteiger partial charge in [0.25, 0.3) is 0 Å². The summed E-state index contributed by atoms with van der Waals surface area (Å²) < 4.78 is 43.2. The monoisotopic (exact) mass is 537 g/mol. The third-order valence-corrected chi connectivity index (χ3v) is 7.75. The van der Waals surface area contributed by atoms with Gasteiger partial charge in [-0.3, -0.25) is 4.79 Å². The Balaban J connectivity index is 1.29. The molecule has 1 aromatic carbocycles. The van der Waals surface area contributed by atoms with Gasteiger partial charge in [0.15, 0.2) is 0 Å². The maximum absolute atomic E-state index is 13.1. The van der Waals surface area contributed by atoms with Crippen LogP contribution in [0.3, 0.4) is 0 Å². The molecule has 10 heteroatoms. The number of nitrogens with zero attached hydrogens (tertiary/aromatic N) is 2. The standard InChI is InChI=1S/C27H31ClF3N3O3/c1-37-26(36)22-9-7-20(28)15-19(22)6-5-17-3-2-4-23(17)33-25(35)18-11-13-34(14-12-18)21-8-10-24(32-16-21)27(29,30)31/h7-10,15-18,23H,2-6,11-14H2,1H3,(H,33,35)/t17-,23-/m0/s1. The molecule has 37 heavy (non-hydrogen) atoms. The molecule has 2 fully saturated rings. The van der Waals surface area contributed by atoms with E-state index in [1.54, 1.807) is 18.2 Å². The van der Waals surface area contributed by atoms with Crippen molar-refractivity contribution in [2.45, 2.75) is 57.2 Å². The number of hydrogen-bond acceptors (Lipinski definition) is 5. The van der Waals surface area contributed by atoms with Crippen LogP contribution in [0.25, 0.3) is 0 Å². The molecule has 200 valence electrons. The van der Waals surface area contributed by atoms with E-state index in [0.717, 1.165) is 37.3 Å². The number of halogens is 4. The fourth-order valence-corrected chi connectivity index (χ4v) is 5.63. The van der Waals surface area contributed by atoms with Crippen molar-refractivity contribution in [3.05, 3.63) is 58.4 Å². The van der Waals surface area contributed by atoms with Gasteiger partial charge < -0.3 is 15.0 Å². The van der Waals surface area contributed by atoms with Crippen molar-refractivity contribution in [3.63, 3.8) is 0 Å². The van der Waals surface area contributed by atoms with Gasteiger partial charge in [-0.1, -0.05) is 18.0 Å². The minimum atomic E-state index is -4.46. The number of carbonyl (C=O) groups is 2. The Labute approximate surface area is 219 Å². The Morgan fingerprint density at radius 1 is 1.14 bits per heavy atom. The predicted octanol–water partition coefficient (Wildman–Crippen LogP) is 5.67. The summed E-state index contributed by atoms with van der Waals surface area (Å²) in [6.45, 7) is 1.18. The first-order valence-electron chi connectivity index (χ1n) is 12.6. The number of anilines is 1. The number of pyridine rings is 1. The van der Waals surface area contributed by atoms with Crippen molar-refractivity contribution in [1.29, 1.82) is 0 Å². The highest BCUT2D eigenvalue weighted by atomic mass is 35.5. The molecule has 0 unspecified atom stereocenters. The molecule has 2 atom stereocenters. The van der Waals surface area contributed by atoms with Crippen LogP contribution in [0.2, 0.25) is 5.02 Å². The topological polar surface area (TPSA) is 71.5 Å². The van der Waals surface area contributed by atoms with Gasteiger partial charge in [-0.05, 0) is 80.3 Å². The second-order valence-corrected chi connectivity index (χ2v) is 10.2. The second-order valence-electron chi connectivity index (χ2n) is 9.80. The number of aromatic nitrogens is 1. The van der Waals surface area contributed by atoms with E-state index in [9.17, 15) is 22.8 Å². The van der Waals surface area contributed by atoms with E-state index < -0.39 is 11.9 Å². The summed E-state index contributed by atoms with van der Waals surface area (Å²) in [5, 5.41) is 3.83. The van der Waals surface area contributed by atoms with Crippen LogP contribution in [0.4, 0.5) is 18.9 Å². The van der Waals surface area contributed by atoms with Gasteiger partial charge in [0, 0.05) is 30.1 Å². The normalized spacial score (nSPS) is 20.6. The lowest BCUT2D eigenvalue weighted by Crippen LogP contribution is -2.45. The maximum Gasteiger partial charge on any atom is 0.433 e. The van der Waals surface area contributed by atoms with Crippen LogP contribution in [0, 0.1) is 11.8 Å². The summed E-state index contributed by atoms with van der Waals surface area (Å²) in [4.78, 5) is 30.7. The molecule has 0 bridgehead atoms. The lowest BCUT2D eigenvalue weighted by atomic mass is 9.91. The van der Waals surface area contributed by atoms with Crippen molar-refractivity contribution in [2.75, 3.05) is 25.1 Å². The first kappa shape index (κ1) is 27.2. The highest BCUT2D eigenvalue weighted by Gasteiger charge is 2.34. The van der Waals surface area contributed by atoms with Gasteiger partial charge in [0.2, 0.25) is 5.91 Å². The number of piperidine rings is 1. The summed E-state index contributed by atoms with van der Waals surface area (Å²) in [6.07, 6.45) is 2.52. The summed E-state index contributed by atoms with van der Waals surface area (Å²) in [6, 6.07) is 7.68. The molecule has 2 heterocycles. The molecule has 1 amide bonds. The zero-order valence-electron chi connectivity index (χ0n) is 20.7. The van der Waals surface area contributed by atoms with E-state index in [2.05, 4.69) is 10.3 Å². The molecule has 4 rings (SSSR count). The van der Waals surface area contributed by atoms with E-state index in [1.165, 1.54) is 19.4 Å². The number of nitrogens with one attached hydrogen (secondary N) is 1. The molecule has 6 nitrogen and oxygen atoms in total. The van der Waals surface area contributed by atoms with Crippen LogP contribution in [0.15, 0.2) is 36.5 Å². The number of carbonyl (C=O) groups excluding carboxylic acids is 2. The van der Waals surface area contributed by atoms with E-state index in [-0.39, 0.29) is 23.8 Å². The Bertz CT molecular complexity index is 1100. The molecular weight excluding hydrogens is 507 g/mol. The Morgan fingerprint density at radius 2 is 1.89 bits per heavy atom.